The smallest absolute Gasteiger partial charge is 0.339 e. The summed E-state index contributed by atoms with van der Waals surface area (Å²) in [6, 6.07) is 10.5. The van der Waals surface area contributed by atoms with E-state index in [-0.39, 0.29) is 12.4 Å². The third-order valence-electron chi connectivity index (χ3n) is 3.14. The number of aromatic carboxylic acids is 1. The highest BCUT2D eigenvalue weighted by Crippen LogP contribution is 2.36. The maximum Gasteiger partial charge on any atom is 0.339 e. The van der Waals surface area contributed by atoms with Crippen LogP contribution >= 0.6 is 0 Å². The summed E-state index contributed by atoms with van der Waals surface area (Å²) < 4.78 is 15.6. The van der Waals surface area contributed by atoms with Crippen molar-refractivity contribution in [2.45, 2.75) is 0 Å². The Bertz CT molecular complexity index is 678. The quantitative estimate of drug-likeness (QED) is 0.930. The van der Waals surface area contributed by atoms with Crippen molar-refractivity contribution in [1.29, 1.82) is 0 Å². The molecule has 0 aliphatic carbocycles. The zero-order chi connectivity index (χ0) is 14.1. The van der Waals surface area contributed by atoms with Crippen LogP contribution in [0, 0.1) is 0 Å². The van der Waals surface area contributed by atoms with Gasteiger partial charge in [0.05, 0.1) is 7.11 Å². The lowest BCUT2D eigenvalue weighted by Gasteiger charge is -2.08. The number of benzene rings is 2. The zero-order valence-corrected chi connectivity index (χ0v) is 10.8. The zero-order valence-electron chi connectivity index (χ0n) is 10.8. The molecule has 5 heteroatoms. The fourth-order valence-corrected chi connectivity index (χ4v) is 2.13. The highest BCUT2D eigenvalue weighted by molar-refractivity contribution is 5.92. The molecule has 2 aromatic rings. The predicted octanol–water partition coefficient (Wildman–Crippen LogP) is 2.79. The molecule has 0 spiro atoms. The Balaban J connectivity index is 2.06. The monoisotopic (exact) mass is 272 g/mol. The second-order valence-electron chi connectivity index (χ2n) is 4.29. The molecule has 0 amide bonds. The largest absolute Gasteiger partial charge is 0.496 e. The first kappa shape index (κ1) is 12.3. The first-order valence-electron chi connectivity index (χ1n) is 6.00. The Labute approximate surface area is 115 Å². The summed E-state index contributed by atoms with van der Waals surface area (Å²) in [6.07, 6.45) is 0. The topological polar surface area (TPSA) is 65.0 Å². The SMILES string of the molecule is COc1ccc(-c2ccc3c(c2)OCO3)cc1C(=O)O. The van der Waals surface area contributed by atoms with Gasteiger partial charge < -0.3 is 19.3 Å². The standard InChI is InChI=1S/C15H12O5/c1-18-12-4-2-9(6-11(12)15(16)17)10-3-5-13-14(7-10)20-8-19-13/h2-7H,8H2,1H3,(H,16,17). The summed E-state index contributed by atoms with van der Waals surface area (Å²) in [4.78, 5) is 11.2. The minimum atomic E-state index is -1.02. The minimum absolute atomic E-state index is 0.127. The second-order valence-corrected chi connectivity index (χ2v) is 4.29. The van der Waals surface area contributed by atoms with Crippen molar-refractivity contribution < 1.29 is 24.1 Å². The van der Waals surface area contributed by atoms with Gasteiger partial charge in [-0.3, -0.25) is 0 Å². The van der Waals surface area contributed by atoms with Gasteiger partial charge in [0, 0.05) is 0 Å². The Morgan fingerprint density at radius 2 is 1.80 bits per heavy atom. The number of carboxylic acid groups (broad SMARTS) is 1. The van der Waals surface area contributed by atoms with E-state index < -0.39 is 5.97 Å². The van der Waals surface area contributed by atoms with E-state index in [1.165, 1.54) is 7.11 Å². The first-order valence-corrected chi connectivity index (χ1v) is 6.00. The van der Waals surface area contributed by atoms with Crippen molar-refractivity contribution in [2.75, 3.05) is 13.9 Å². The average molecular weight is 272 g/mol. The van der Waals surface area contributed by atoms with Gasteiger partial charge in [0.15, 0.2) is 11.5 Å². The molecule has 0 saturated heterocycles. The molecule has 0 bridgehead atoms. The van der Waals surface area contributed by atoms with Gasteiger partial charge in [-0.25, -0.2) is 4.79 Å². The maximum atomic E-state index is 11.2. The Hall–Kier alpha value is -2.69. The predicted molar refractivity (Wildman–Crippen MR) is 71.5 cm³/mol. The van der Waals surface area contributed by atoms with Crippen molar-refractivity contribution in [3.63, 3.8) is 0 Å². The van der Waals surface area contributed by atoms with Gasteiger partial charge in [0.2, 0.25) is 6.79 Å². The molecule has 1 aliphatic rings. The maximum absolute atomic E-state index is 11.2. The van der Waals surface area contributed by atoms with Gasteiger partial charge in [-0.05, 0) is 35.4 Å². The van der Waals surface area contributed by atoms with Crippen LogP contribution in [-0.2, 0) is 0 Å². The molecule has 0 aromatic heterocycles. The lowest BCUT2D eigenvalue weighted by atomic mass is 10.0. The van der Waals surface area contributed by atoms with Crippen LogP contribution in [0.4, 0.5) is 0 Å². The number of ether oxygens (including phenoxy) is 3. The molecule has 0 radical (unpaired) electrons. The number of rotatable bonds is 3. The number of fused-ring (bicyclic) bond motifs is 1. The minimum Gasteiger partial charge on any atom is -0.496 e. The van der Waals surface area contributed by atoms with Crippen molar-refractivity contribution in [1.82, 2.24) is 0 Å². The van der Waals surface area contributed by atoms with Crippen LogP contribution in [0.25, 0.3) is 11.1 Å². The Morgan fingerprint density at radius 3 is 2.55 bits per heavy atom. The lowest BCUT2D eigenvalue weighted by Crippen LogP contribution is -2.00. The average Bonchev–Trinajstić information content (AvgIpc) is 2.93. The van der Waals surface area contributed by atoms with Crippen LogP contribution in [0.2, 0.25) is 0 Å². The molecule has 0 atom stereocenters. The van der Waals surface area contributed by atoms with Gasteiger partial charge >= 0.3 is 5.97 Å². The lowest BCUT2D eigenvalue weighted by molar-refractivity contribution is 0.0693. The van der Waals surface area contributed by atoms with E-state index in [4.69, 9.17) is 14.2 Å². The molecule has 1 heterocycles. The van der Waals surface area contributed by atoms with Crippen molar-refractivity contribution in [2.24, 2.45) is 0 Å². The van der Waals surface area contributed by atoms with E-state index in [0.29, 0.717) is 17.2 Å². The molecule has 2 aromatic carbocycles. The van der Waals surface area contributed by atoms with Crippen molar-refractivity contribution in [3.8, 4) is 28.4 Å². The summed E-state index contributed by atoms with van der Waals surface area (Å²) in [5, 5.41) is 9.20. The molecule has 1 aliphatic heterocycles. The summed E-state index contributed by atoms with van der Waals surface area (Å²) in [5.74, 6) is 0.669. The van der Waals surface area contributed by atoms with Gasteiger partial charge in [-0.1, -0.05) is 12.1 Å². The Kier molecular flexibility index (Phi) is 2.95. The van der Waals surface area contributed by atoms with Crippen LogP contribution in [0.15, 0.2) is 36.4 Å². The molecular weight excluding hydrogens is 260 g/mol. The number of hydrogen-bond donors (Lipinski definition) is 1. The molecule has 5 nitrogen and oxygen atoms in total. The second kappa shape index (κ2) is 4.77. The van der Waals surface area contributed by atoms with E-state index in [1.54, 1.807) is 12.1 Å². The summed E-state index contributed by atoms with van der Waals surface area (Å²) >= 11 is 0. The van der Waals surface area contributed by atoms with E-state index in [2.05, 4.69) is 0 Å². The molecule has 0 unspecified atom stereocenters. The molecule has 3 rings (SSSR count). The fourth-order valence-electron chi connectivity index (χ4n) is 2.13. The van der Waals surface area contributed by atoms with Gasteiger partial charge in [-0.2, -0.15) is 0 Å². The van der Waals surface area contributed by atoms with E-state index in [1.807, 2.05) is 24.3 Å². The fraction of sp³-hybridized carbons (Fsp3) is 0.133. The van der Waals surface area contributed by atoms with Crippen LogP contribution < -0.4 is 14.2 Å². The molecule has 20 heavy (non-hydrogen) atoms. The van der Waals surface area contributed by atoms with Crippen LogP contribution in [0.3, 0.4) is 0 Å². The van der Waals surface area contributed by atoms with Crippen LogP contribution in [0.1, 0.15) is 10.4 Å². The number of carboxylic acids is 1. The van der Waals surface area contributed by atoms with Crippen LogP contribution in [-0.4, -0.2) is 25.0 Å². The van der Waals surface area contributed by atoms with Crippen LogP contribution in [0.5, 0.6) is 17.2 Å². The van der Waals surface area contributed by atoms with E-state index >= 15 is 0 Å². The molecule has 1 N–H and O–H groups in total. The summed E-state index contributed by atoms with van der Waals surface area (Å²) in [5.41, 5.74) is 1.77. The van der Waals surface area contributed by atoms with Crippen molar-refractivity contribution >= 4 is 5.97 Å². The number of hydrogen-bond acceptors (Lipinski definition) is 4. The molecular formula is C15H12O5. The summed E-state index contributed by atoms with van der Waals surface area (Å²) in [6.45, 7) is 0.210. The molecule has 0 saturated carbocycles. The highest BCUT2D eigenvalue weighted by atomic mass is 16.7. The first-order chi connectivity index (χ1) is 9.69. The normalized spacial score (nSPS) is 12.2. The van der Waals surface area contributed by atoms with Gasteiger partial charge in [-0.15, -0.1) is 0 Å². The third kappa shape index (κ3) is 2.03. The van der Waals surface area contributed by atoms with Gasteiger partial charge in [0.25, 0.3) is 0 Å². The third-order valence-corrected chi connectivity index (χ3v) is 3.14. The number of carbonyl (C=O) groups is 1. The highest BCUT2D eigenvalue weighted by Gasteiger charge is 2.16. The van der Waals surface area contributed by atoms with E-state index in [0.717, 1.165) is 11.1 Å². The number of methoxy groups -OCH3 is 1. The van der Waals surface area contributed by atoms with Crippen molar-refractivity contribution in [3.05, 3.63) is 42.0 Å². The summed E-state index contributed by atoms with van der Waals surface area (Å²) in [7, 11) is 1.45. The van der Waals surface area contributed by atoms with Gasteiger partial charge in [0.1, 0.15) is 11.3 Å². The Morgan fingerprint density at radius 1 is 1.10 bits per heavy atom. The van der Waals surface area contributed by atoms with E-state index in [9.17, 15) is 9.90 Å². The molecule has 0 fully saturated rings. The molecule has 102 valence electrons.